The lowest BCUT2D eigenvalue weighted by Crippen LogP contribution is -2.39. The number of fused-ring (bicyclic) bond motifs is 3. The number of aliphatic hydroxyl groups is 1. The molecule has 3 aliphatic rings. The van der Waals surface area contributed by atoms with Gasteiger partial charge in [-0.3, -0.25) is 0 Å². The van der Waals surface area contributed by atoms with Crippen LogP contribution in [0.5, 0.6) is 5.88 Å². The Labute approximate surface area is 286 Å². The van der Waals surface area contributed by atoms with Crippen LogP contribution >= 0.6 is 0 Å². The monoisotopic (exact) mass is 673 g/mol. The minimum atomic E-state index is -3.88. The summed E-state index contributed by atoms with van der Waals surface area (Å²) in [7, 11) is -3.88. The number of aromatic nitrogens is 2. The van der Waals surface area contributed by atoms with Crippen LogP contribution in [0.2, 0.25) is 0 Å². The molecule has 8 rings (SSSR count). The minimum Gasteiger partial charge on any atom is -0.466 e. The topological polar surface area (TPSA) is 118 Å². The van der Waals surface area contributed by atoms with Gasteiger partial charge in [-0.25, -0.2) is 18.4 Å². The van der Waals surface area contributed by atoms with Crippen molar-refractivity contribution in [1.29, 1.82) is 0 Å². The smallest absolute Gasteiger partial charge is 0.331 e. The Morgan fingerprint density at radius 1 is 0.898 bits per heavy atom. The molecule has 49 heavy (non-hydrogen) atoms. The van der Waals surface area contributed by atoms with Gasteiger partial charge in [0.1, 0.15) is 10.4 Å². The highest BCUT2D eigenvalue weighted by Crippen LogP contribution is 2.44. The number of carbonyl (C=O) groups excluding carboxylic acids is 1. The van der Waals surface area contributed by atoms with Crippen LogP contribution in [0.25, 0.3) is 0 Å². The predicted octanol–water partition coefficient (Wildman–Crippen LogP) is 6.56. The summed E-state index contributed by atoms with van der Waals surface area (Å²) in [5.41, 5.74) is 5.75. The van der Waals surface area contributed by atoms with Crippen LogP contribution in [0.1, 0.15) is 58.7 Å². The van der Waals surface area contributed by atoms with Crippen LogP contribution in [0, 0.1) is 0 Å². The SMILES string of the molecule is C[C@]1(CO)Cn2ncc(S(=O)(=NC(c3ccccc3)(c3ccccc3)c3ccccc3)NC(=O)Nc3c4c(cc5c3CCC5)CCC4)c2O1. The summed E-state index contributed by atoms with van der Waals surface area (Å²) in [6.45, 7) is 1.75. The first-order valence-electron chi connectivity index (χ1n) is 16.9. The second kappa shape index (κ2) is 12.2. The second-order valence-corrected chi connectivity index (χ2v) is 15.3. The van der Waals surface area contributed by atoms with Crippen LogP contribution in [-0.2, 0) is 47.7 Å². The molecule has 4 aromatic carbocycles. The largest absolute Gasteiger partial charge is 0.466 e. The standard InChI is InChI=1S/C39H39N5O4S/c1-38(26-45)25-44-36(48-38)34(24-40-44)49(47,42-37(46)41-35-32-21-11-13-27(32)23-28-14-12-22-33(28)35)43-39(29-15-5-2-6-16-29,30-17-7-3-8-18-30)31-19-9-4-10-20-31/h2-10,15-20,23-24,45H,11-14,21-22,25-26H2,1H3,(H2,41,42,43,46,47)/t38-,49?/m1/s1. The van der Waals surface area contributed by atoms with Gasteiger partial charge in [-0.2, -0.15) is 9.46 Å². The maximum atomic E-state index is 16.0. The summed E-state index contributed by atoms with van der Waals surface area (Å²) in [4.78, 5) is 14.5. The van der Waals surface area contributed by atoms with Crippen molar-refractivity contribution in [2.75, 3.05) is 11.9 Å². The van der Waals surface area contributed by atoms with Crippen LogP contribution < -0.4 is 14.8 Å². The molecule has 2 amide bonds. The molecule has 0 saturated carbocycles. The number of nitrogens with one attached hydrogen (secondary N) is 2. The minimum absolute atomic E-state index is 0.135. The lowest BCUT2D eigenvalue weighted by Gasteiger charge is -2.33. The molecule has 2 atom stereocenters. The Hall–Kier alpha value is -4.93. The summed E-state index contributed by atoms with van der Waals surface area (Å²) in [5, 5.41) is 17.8. The van der Waals surface area contributed by atoms with Crippen LogP contribution in [0.3, 0.4) is 0 Å². The lowest BCUT2D eigenvalue weighted by atomic mass is 9.78. The number of hydrogen-bond donors (Lipinski definition) is 3. The first kappa shape index (κ1) is 31.3. The maximum absolute atomic E-state index is 16.0. The third kappa shape index (κ3) is 5.39. The van der Waals surface area contributed by atoms with Gasteiger partial charge in [-0.1, -0.05) is 97.1 Å². The van der Waals surface area contributed by atoms with Gasteiger partial charge in [0.2, 0.25) is 5.88 Å². The molecule has 10 heteroatoms. The highest BCUT2D eigenvalue weighted by Gasteiger charge is 2.43. The number of urea groups is 1. The van der Waals surface area contributed by atoms with Crippen molar-refractivity contribution in [1.82, 2.24) is 14.5 Å². The third-order valence-corrected chi connectivity index (χ3v) is 11.9. The zero-order valence-corrected chi connectivity index (χ0v) is 28.2. The molecule has 1 unspecified atom stereocenters. The van der Waals surface area contributed by atoms with E-state index >= 15 is 4.21 Å². The van der Waals surface area contributed by atoms with Crippen molar-refractivity contribution in [3.63, 3.8) is 0 Å². The van der Waals surface area contributed by atoms with E-state index in [2.05, 4.69) is 21.2 Å². The van der Waals surface area contributed by atoms with Crippen LogP contribution in [0.15, 0.2) is 113 Å². The molecule has 2 aliphatic carbocycles. The molecule has 5 aromatic rings. The van der Waals surface area contributed by atoms with Gasteiger partial charge in [0, 0.05) is 5.69 Å². The summed E-state index contributed by atoms with van der Waals surface area (Å²) in [5.74, 6) is 0.204. The van der Waals surface area contributed by atoms with Crippen LogP contribution in [-0.4, -0.2) is 37.3 Å². The zero-order chi connectivity index (χ0) is 33.6. The lowest BCUT2D eigenvalue weighted by molar-refractivity contribution is 0.0399. The van der Waals surface area contributed by atoms with Gasteiger partial charge in [-0.05, 0) is 84.4 Å². The van der Waals surface area contributed by atoms with Gasteiger partial charge in [0.05, 0.1) is 19.3 Å². The zero-order valence-electron chi connectivity index (χ0n) is 27.4. The number of hydrogen-bond acceptors (Lipinski definition) is 6. The number of carbonyl (C=O) groups is 1. The second-order valence-electron chi connectivity index (χ2n) is 13.4. The fraction of sp³-hybridized carbons (Fsp3) is 0.282. The van der Waals surface area contributed by atoms with E-state index in [-0.39, 0.29) is 23.9 Å². The van der Waals surface area contributed by atoms with Crippen LogP contribution in [0.4, 0.5) is 10.5 Å². The first-order valence-corrected chi connectivity index (χ1v) is 18.4. The van der Waals surface area contributed by atoms with E-state index in [1.807, 2.05) is 91.0 Å². The average Bonchev–Trinajstić information content (AvgIpc) is 3.93. The average molecular weight is 674 g/mol. The third-order valence-electron chi connectivity index (χ3n) is 10.0. The molecule has 0 spiro atoms. The fourth-order valence-electron chi connectivity index (χ4n) is 7.67. The molecule has 0 fully saturated rings. The normalized spacial score (nSPS) is 18.9. The van der Waals surface area contributed by atoms with Crippen molar-refractivity contribution in [2.45, 2.75) is 68.0 Å². The van der Waals surface area contributed by atoms with E-state index in [1.165, 1.54) is 28.5 Å². The molecular formula is C39H39N5O4S. The Bertz CT molecular complexity index is 2030. The molecular weight excluding hydrogens is 635 g/mol. The number of aliphatic hydroxyl groups excluding tert-OH is 1. The van der Waals surface area contributed by atoms with E-state index in [9.17, 15) is 9.90 Å². The Kier molecular flexibility index (Phi) is 7.80. The Morgan fingerprint density at radius 2 is 1.43 bits per heavy atom. The maximum Gasteiger partial charge on any atom is 0.331 e. The molecule has 1 aromatic heterocycles. The number of aryl methyl sites for hydroxylation is 2. The molecule has 0 saturated heterocycles. The first-order chi connectivity index (χ1) is 23.8. The number of amides is 2. The number of nitrogens with zero attached hydrogens (tertiary/aromatic N) is 3. The van der Waals surface area contributed by atoms with Gasteiger partial charge >= 0.3 is 6.03 Å². The Morgan fingerprint density at radius 3 is 1.94 bits per heavy atom. The van der Waals surface area contributed by atoms with E-state index < -0.39 is 27.1 Å². The summed E-state index contributed by atoms with van der Waals surface area (Å²) in [6.07, 6.45) is 7.30. The molecule has 0 radical (unpaired) electrons. The molecule has 9 nitrogen and oxygen atoms in total. The van der Waals surface area contributed by atoms with Gasteiger partial charge in [0.15, 0.2) is 15.5 Å². The summed E-state index contributed by atoms with van der Waals surface area (Å²) < 4.78 is 32.0. The van der Waals surface area contributed by atoms with Crippen molar-refractivity contribution in [3.05, 3.63) is 142 Å². The van der Waals surface area contributed by atoms with E-state index in [4.69, 9.17) is 9.10 Å². The quantitative estimate of drug-likeness (QED) is 0.161. The predicted molar refractivity (Wildman–Crippen MR) is 189 cm³/mol. The van der Waals surface area contributed by atoms with E-state index in [0.29, 0.717) is 0 Å². The summed E-state index contributed by atoms with van der Waals surface area (Å²) >= 11 is 0. The number of anilines is 1. The highest BCUT2D eigenvalue weighted by atomic mass is 32.2. The van der Waals surface area contributed by atoms with E-state index in [0.717, 1.165) is 60.9 Å². The van der Waals surface area contributed by atoms with Crippen molar-refractivity contribution >= 4 is 21.6 Å². The van der Waals surface area contributed by atoms with Crippen molar-refractivity contribution in [2.24, 2.45) is 4.36 Å². The summed E-state index contributed by atoms with van der Waals surface area (Å²) in [6, 6.07) is 30.8. The number of rotatable bonds is 8. The molecule has 3 N–H and O–H groups in total. The van der Waals surface area contributed by atoms with Gasteiger partial charge in [-0.15, -0.1) is 0 Å². The van der Waals surface area contributed by atoms with Crippen molar-refractivity contribution in [3.8, 4) is 5.88 Å². The van der Waals surface area contributed by atoms with E-state index in [1.54, 1.807) is 11.6 Å². The Balaban J connectivity index is 1.35. The molecule has 2 heterocycles. The molecule has 1 aliphatic heterocycles. The molecule has 0 bridgehead atoms. The van der Waals surface area contributed by atoms with Gasteiger partial charge in [0.25, 0.3) is 0 Å². The van der Waals surface area contributed by atoms with Crippen molar-refractivity contribution < 1.29 is 18.8 Å². The fourth-order valence-corrected chi connectivity index (χ4v) is 9.51. The molecule has 250 valence electrons. The number of benzene rings is 4. The highest BCUT2D eigenvalue weighted by molar-refractivity contribution is 7.92. The number of ether oxygens (including phenoxy) is 1. The van der Waals surface area contributed by atoms with Gasteiger partial charge < -0.3 is 15.2 Å².